The molecule has 0 aliphatic heterocycles. The maximum absolute atomic E-state index is 12.7. The highest BCUT2D eigenvalue weighted by molar-refractivity contribution is 6.06. The number of rotatable bonds is 4. The SMILES string of the molecule is Cc1cccc(N/C=C(/C#N)C(=O)Nc2cccc(C(F)(F)F)c2)c1C. The first-order chi connectivity index (χ1) is 12.2. The Labute approximate surface area is 149 Å². The summed E-state index contributed by atoms with van der Waals surface area (Å²) in [6.45, 7) is 3.82. The maximum Gasteiger partial charge on any atom is 0.416 e. The van der Waals surface area contributed by atoms with Crippen LogP contribution >= 0.6 is 0 Å². The van der Waals surface area contributed by atoms with Crippen molar-refractivity contribution in [3.63, 3.8) is 0 Å². The lowest BCUT2D eigenvalue weighted by molar-refractivity contribution is -0.137. The van der Waals surface area contributed by atoms with Crippen LogP contribution in [0.2, 0.25) is 0 Å². The van der Waals surface area contributed by atoms with Crippen molar-refractivity contribution in [2.75, 3.05) is 10.6 Å². The summed E-state index contributed by atoms with van der Waals surface area (Å²) < 4.78 is 38.2. The van der Waals surface area contributed by atoms with E-state index in [-0.39, 0.29) is 11.3 Å². The van der Waals surface area contributed by atoms with Crippen molar-refractivity contribution in [1.82, 2.24) is 0 Å². The number of anilines is 2. The molecule has 7 heteroatoms. The van der Waals surface area contributed by atoms with Gasteiger partial charge in [0.25, 0.3) is 5.91 Å². The molecule has 2 aromatic rings. The van der Waals surface area contributed by atoms with E-state index < -0.39 is 17.6 Å². The fraction of sp³-hybridized carbons (Fsp3) is 0.158. The van der Waals surface area contributed by atoms with Gasteiger partial charge >= 0.3 is 6.18 Å². The minimum Gasteiger partial charge on any atom is -0.360 e. The third kappa shape index (κ3) is 4.63. The molecular formula is C19H16F3N3O. The Morgan fingerprint density at radius 2 is 1.85 bits per heavy atom. The Hall–Kier alpha value is -3.27. The first-order valence-electron chi connectivity index (χ1n) is 7.64. The lowest BCUT2D eigenvalue weighted by Crippen LogP contribution is -2.15. The summed E-state index contributed by atoms with van der Waals surface area (Å²) in [5, 5.41) is 14.3. The van der Waals surface area contributed by atoms with Crippen molar-refractivity contribution in [1.29, 1.82) is 5.26 Å². The van der Waals surface area contributed by atoms with E-state index in [1.54, 1.807) is 12.1 Å². The van der Waals surface area contributed by atoms with Gasteiger partial charge in [0.1, 0.15) is 11.6 Å². The molecule has 0 radical (unpaired) electrons. The zero-order chi connectivity index (χ0) is 19.3. The molecule has 0 bridgehead atoms. The average molecular weight is 359 g/mol. The zero-order valence-corrected chi connectivity index (χ0v) is 14.1. The molecule has 1 amide bonds. The van der Waals surface area contributed by atoms with Gasteiger partial charge in [-0.15, -0.1) is 0 Å². The fourth-order valence-electron chi connectivity index (χ4n) is 2.18. The number of hydrogen-bond donors (Lipinski definition) is 2. The highest BCUT2D eigenvalue weighted by atomic mass is 19.4. The second-order valence-electron chi connectivity index (χ2n) is 5.59. The molecule has 0 heterocycles. The molecule has 0 aliphatic carbocycles. The van der Waals surface area contributed by atoms with E-state index in [0.29, 0.717) is 0 Å². The molecule has 134 valence electrons. The highest BCUT2D eigenvalue weighted by Gasteiger charge is 2.30. The van der Waals surface area contributed by atoms with Gasteiger partial charge in [-0.2, -0.15) is 18.4 Å². The summed E-state index contributed by atoms with van der Waals surface area (Å²) in [7, 11) is 0. The van der Waals surface area contributed by atoms with Crippen LogP contribution in [-0.4, -0.2) is 5.91 Å². The molecule has 26 heavy (non-hydrogen) atoms. The smallest absolute Gasteiger partial charge is 0.360 e. The minimum absolute atomic E-state index is 0.0438. The van der Waals surface area contributed by atoms with Crippen LogP contribution in [-0.2, 0) is 11.0 Å². The lowest BCUT2D eigenvalue weighted by atomic mass is 10.1. The van der Waals surface area contributed by atoms with E-state index in [1.165, 1.54) is 18.3 Å². The fourth-order valence-corrected chi connectivity index (χ4v) is 2.18. The minimum atomic E-state index is -4.51. The number of nitriles is 1. The Morgan fingerprint density at radius 1 is 1.15 bits per heavy atom. The van der Waals surface area contributed by atoms with Gasteiger partial charge in [0.15, 0.2) is 0 Å². The number of nitrogens with one attached hydrogen (secondary N) is 2. The van der Waals surface area contributed by atoms with Gasteiger partial charge in [-0.1, -0.05) is 18.2 Å². The van der Waals surface area contributed by atoms with Crippen molar-refractivity contribution >= 4 is 17.3 Å². The molecule has 2 N–H and O–H groups in total. The molecule has 2 aromatic carbocycles. The van der Waals surface area contributed by atoms with Gasteiger partial charge in [-0.3, -0.25) is 4.79 Å². The van der Waals surface area contributed by atoms with Crippen LogP contribution in [0.5, 0.6) is 0 Å². The second-order valence-corrected chi connectivity index (χ2v) is 5.59. The van der Waals surface area contributed by atoms with Gasteiger partial charge in [-0.05, 0) is 49.2 Å². The largest absolute Gasteiger partial charge is 0.416 e. The average Bonchev–Trinajstić information content (AvgIpc) is 2.58. The third-order valence-corrected chi connectivity index (χ3v) is 3.79. The summed E-state index contributed by atoms with van der Waals surface area (Å²) in [6.07, 6.45) is -3.29. The van der Waals surface area contributed by atoms with Crippen LogP contribution < -0.4 is 10.6 Å². The topological polar surface area (TPSA) is 64.9 Å². The number of hydrogen-bond acceptors (Lipinski definition) is 3. The predicted octanol–water partition coefficient (Wildman–Crippen LogP) is 4.78. The standard InChI is InChI=1S/C19H16F3N3O/c1-12-5-3-8-17(13(12)2)24-11-14(10-23)18(26)25-16-7-4-6-15(9-16)19(20,21)22/h3-9,11,24H,1-2H3,(H,25,26)/b14-11-. The number of halogens is 3. The molecule has 0 unspecified atom stereocenters. The van der Waals surface area contributed by atoms with E-state index in [1.807, 2.05) is 26.0 Å². The van der Waals surface area contributed by atoms with Crippen molar-refractivity contribution in [2.24, 2.45) is 0 Å². The van der Waals surface area contributed by atoms with E-state index in [0.717, 1.165) is 28.9 Å². The van der Waals surface area contributed by atoms with Crippen LogP contribution in [0.25, 0.3) is 0 Å². The molecular weight excluding hydrogens is 343 g/mol. The summed E-state index contributed by atoms with van der Waals surface area (Å²) in [5.41, 5.74) is 1.53. The molecule has 0 aliphatic rings. The van der Waals surface area contributed by atoms with Gasteiger partial charge in [0, 0.05) is 17.6 Å². The summed E-state index contributed by atoms with van der Waals surface area (Å²) >= 11 is 0. The molecule has 0 saturated carbocycles. The number of amides is 1. The summed E-state index contributed by atoms with van der Waals surface area (Å²) in [6, 6.07) is 11.5. The Balaban J connectivity index is 2.17. The normalized spacial score (nSPS) is 11.6. The number of benzene rings is 2. The zero-order valence-electron chi connectivity index (χ0n) is 14.1. The number of nitrogens with zero attached hydrogens (tertiary/aromatic N) is 1. The van der Waals surface area contributed by atoms with E-state index in [4.69, 9.17) is 5.26 Å². The van der Waals surface area contributed by atoms with Crippen molar-refractivity contribution in [3.8, 4) is 6.07 Å². The summed E-state index contributed by atoms with van der Waals surface area (Å²) in [5.74, 6) is -0.801. The number of alkyl halides is 3. The van der Waals surface area contributed by atoms with E-state index in [2.05, 4.69) is 10.6 Å². The maximum atomic E-state index is 12.7. The lowest BCUT2D eigenvalue weighted by Gasteiger charge is -2.10. The molecule has 2 rings (SSSR count). The van der Waals surface area contributed by atoms with Crippen LogP contribution in [0.3, 0.4) is 0 Å². The monoisotopic (exact) mass is 359 g/mol. The Bertz CT molecular complexity index is 896. The van der Waals surface area contributed by atoms with Crippen LogP contribution in [0.4, 0.5) is 24.5 Å². The predicted molar refractivity (Wildman–Crippen MR) is 93.3 cm³/mol. The van der Waals surface area contributed by atoms with Crippen molar-refractivity contribution in [2.45, 2.75) is 20.0 Å². The first-order valence-corrected chi connectivity index (χ1v) is 7.64. The molecule has 0 atom stereocenters. The van der Waals surface area contributed by atoms with E-state index >= 15 is 0 Å². The van der Waals surface area contributed by atoms with Crippen LogP contribution in [0.15, 0.2) is 54.2 Å². The quantitative estimate of drug-likeness (QED) is 0.610. The van der Waals surface area contributed by atoms with E-state index in [9.17, 15) is 18.0 Å². The first kappa shape index (κ1) is 19.1. The number of carbonyl (C=O) groups is 1. The Kier molecular flexibility index (Phi) is 5.68. The number of carbonyl (C=O) groups excluding carboxylic acids is 1. The van der Waals surface area contributed by atoms with Crippen LogP contribution in [0, 0.1) is 25.2 Å². The van der Waals surface area contributed by atoms with Gasteiger partial charge in [-0.25, -0.2) is 0 Å². The highest BCUT2D eigenvalue weighted by Crippen LogP contribution is 2.30. The molecule has 0 saturated heterocycles. The third-order valence-electron chi connectivity index (χ3n) is 3.79. The van der Waals surface area contributed by atoms with Gasteiger partial charge in [0.2, 0.25) is 0 Å². The second kappa shape index (κ2) is 7.74. The van der Waals surface area contributed by atoms with Crippen LogP contribution in [0.1, 0.15) is 16.7 Å². The van der Waals surface area contributed by atoms with Gasteiger partial charge in [0.05, 0.1) is 5.56 Å². The molecule has 0 fully saturated rings. The molecule has 4 nitrogen and oxygen atoms in total. The van der Waals surface area contributed by atoms with Crippen molar-refractivity contribution < 1.29 is 18.0 Å². The Morgan fingerprint density at radius 3 is 2.50 bits per heavy atom. The van der Waals surface area contributed by atoms with Crippen molar-refractivity contribution in [3.05, 3.63) is 70.9 Å². The molecule has 0 aromatic heterocycles. The number of aryl methyl sites for hydroxylation is 1. The summed E-state index contributed by atoms with van der Waals surface area (Å²) in [4.78, 5) is 12.2. The molecule has 0 spiro atoms. The van der Waals surface area contributed by atoms with Gasteiger partial charge < -0.3 is 10.6 Å².